The molecule has 1 heterocycles. The summed E-state index contributed by atoms with van der Waals surface area (Å²) in [4.78, 5) is 10.4. The van der Waals surface area contributed by atoms with Gasteiger partial charge in [0.05, 0.1) is 5.92 Å². The van der Waals surface area contributed by atoms with E-state index in [0.717, 1.165) is 25.7 Å². The molecule has 0 aromatic carbocycles. The lowest BCUT2D eigenvalue weighted by Crippen LogP contribution is -2.11. The van der Waals surface area contributed by atoms with Crippen molar-refractivity contribution in [1.29, 1.82) is 0 Å². The van der Waals surface area contributed by atoms with Gasteiger partial charge in [0.1, 0.15) is 0 Å². The first-order chi connectivity index (χ1) is 7.22. The van der Waals surface area contributed by atoms with Gasteiger partial charge >= 0.3 is 5.97 Å². The summed E-state index contributed by atoms with van der Waals surface area (Å²) < 4.78 is 0. The fourth-order valence-corrected chi connectivity index (χ4v) is 1.58. The van der Waals surface area contributed by atoms with Crippen molar-refractivity contribution in [3.05, 3.63) is 0 Å². The van der Waals surface area contributed by atoms with Crippen LogP contribution in [0.4, 0.5) is 0 Å². The molecule has 0 aromatic rings. The molecule has 15 heavy (non-hydrogen) atoms. The molecule has 0 aliphatic carbocycles. The molecular formula is C12H25NO2. The minimum absolute atomic E-state index is 0.111. The van der Waals surface area contributed by atoms with E-state index in [4.69, 9.17) is 5.11 Å². The van der Waals surface area contributed by atoms with Crippen molar-refractivity contribution < 1.29 is 9.90 Å². The Labute approximate surface area is 93.3 Å². The van der Waals surface area contributed by atoms with Crippen molar-refractivity contribution >= 4 is 5.97 Å². The zero-order valence-corrected chi connectivity index (χ0v) is 10.1. The van der Waals surface area contributed by atoms with Gasteiger partial charge in [0.2, 0.25) is 0 Å². The van der Waals surface area contributed by atoms with Gasteiger partial charge in [-0.05, 0) is 38.8 Å². The van der Waals surface area contributed by atoms with Crippen LogP contribution in [0, 0.1) is 5.92 Å². The van der Waals surface area contributed by atoms with Crippen LogP contribution in [0.3, 0.4) is 0 Å². The molecule has 0 bridgehead atoms. The Hall–Kier alpha value is -0.570. The lowest BCUT2D eigenvalue weighted by molar-refractivity contribution is -0.142. The van der Waals surface area contributed by atoms with Crippen molar-refractivity contribution in [2.45, 2.75) is 52.4 Å². The third-order valence-electron chi connectivity index (χ3n) is 2.71. The number of carbonyl (C=O) groups is 1. The minimum Gasteiger partial charge on any atom is -0.481 e. The number of carboxylic acids is 1. The maximum atomic E-state index is 10.4. The van der Waals surface area contributed by atoms with E-state index >= 15 is 0 Å². The first-order valence-electron chi connectivity index (χ1n) is 6.15. The number of unbranched alkanes of at least 4 members (excludes halogenated alkanes) is 1. The third kappa shape index (κ3) is 8.43. The summed E-state index contributed by atoms with van der Waals surface area (Å²) in [5.74, 6) is -0.754. The van der Waals surface area contributed by atoms with Gasteiger partial charge in [-0.2, -0.15) is 0 Å². The average molecular weight is 215 g/mol. The van der Waals surface area contributed by atoms with Crippen LogP contribution in [-0.2, 0) is 4.79 Å². The normalized spacial score (nSPS) is 16.7. The third-order valence-corrected chi connectivity index (χ3v) is 2.71. The quantitative estimate of drug-likeness (QED) is 0.741. The molecule has 3 heteroatoms. The van der Waals surface area contributed by atoms with E-state index in [0.29, 0.717) is 0 Å². The van der Waals surface area contributed by atoms with Gasteiger partial charge in [0.15, 0.2) is 0 Å². The standard InChI is InChI=1S/C8H16O2.C4H9N/c1-3-5-6-7(4-2)8(9)10;1-2-4-5-3-1/h7H,3-6H2,1-2H3,(H,9,10);5H,1-4H2. The zero-order valence-electron chi connectivity index (χ0n) is 10.1. The van der Waals surface area contributed by atoms with E-state index in [1.54, 1.807) is 0 Å². The van der Waals surface area contributed by atoms with E-state index in [1.165, 1.54) is 25.9 Å². The van der Waals surface area contributed by atoms with Gasteiger partial charge in [0, 0.05) is 0 Å². The molecular weight excluding hydrogens is 190 g/mol. The number of nitrogens with one attached hydrogen (secondary N) is 1. The van der Waals surface area contributed by atoms with Crippen LogP contribution in [0.25, 0.3) is 0 Å². The highest BCUT2D eigenvalue weighted by Crippen LogP contribution is 2.11. The lowest BCUT2D eigenvalue weighted by Gasteiger charge is -2.06. The van der Waals surface area contributed by atoms with Crippen molar-refractivity contribution in [1.82, 2.24) is 5.32 Å². The second-order valence-electron chi connectivity index (χ2n) is 4.04. The Bertz CT molecular complexity index is 148. The Morgan fingerprint density at radius 3 is 2.20 bits per heavy atom. The van der Waals surface area contributed by atoms with Crippen LogP contribution in [0.1, 0.15) is 52.4 Å². The van der Waals surface area contributed by atoms with Gasteiger partial charge in [-0.25, -0.2) is 0 Å². The van der Waals surface area contributed by atoms with E-state index in [-0.39, 0.29) is 5.92 Å². The van der Waals surface area contributed by atoms with Crippen LogP contribution in [-0.4, -0.2) is 24.2 Å². The maximum absolute atomic E-state index is 10.4. The average Bonchev–Trinajstić information content (AvgIpc) is 2.76. The number of aliphatic carboxylic acids is 1. The van der Waals surface area contributed by atoms with Gasteiger partial charge in [0.25, 0.3) is 0 Å². The largest absolute Gasteiger partial charge is 0.481 e. The summed E-state index contributed by atoms with van der Waals surface area (Å²) in [7, 11) is 0. The number of hydrogen-bond donors (Lipinski definition) is 2. The van der Waals surface area contributed by atoms with Gasteiger partial charge in [-0.3, -0.25) is 4.79 Å². The van der Waals surface area contributed by atoms with Crippen LogP contribution >= 0.6 is 0 Å². The second kappa shape index (κ2) is 9.97. The van der Waals surface area contributed by atoms with Crippen molar-refractivity contribution in [3.63, 3.8) is 0 Å². The van der Waals surface area contributed by atoms with Gasteiger partial charge < -0.3 is 10.4 Å². The summed E-state index contributed by atoms with van der Waals surface area (Å²) >= 11 is 0. The molecule has 1 aliphatic rings. The van der Waals surface area contributed by atoms with E-state index in [1.807, 2.05) is 6.92 Å². The van der Waals surface area contributed by atoms with Crippen molar-refractivity contribution in [2.24, 2.45) is 5.92 Å². The van der Waals surface area contributed by atoms with Crippen molar-refractivity contribution in [2.75, 3.05) is 13.1 Å². The van der Waals surface area contributed by atoms with Crippen LogP contribution in [0.2, 0.25) is 0 Å². The minimum atomic E-state index is -0.643. The highest BCUT2D eigenvalue weighted by molar-refractivity contribution is 5.69. The maximum Gasteiger partial charge on any atom is 0.306 e. The highest BCUT2D eigenvalue weighted by Gasteiger charge is 2.12. The first-order valence-corrected chi connectivity index (χ1v) is 6.15. The predicted octanol–water partition coefficient (Wildman–Crippen LogP) is 2.66. The molecule has 1 saturated heterocycles. The topological polar surface area (TPSA) is 49.3 Å². The monoisotopic (exact) mass is 215 g/mol. The smallest absolute Gasteiger partial charge is 0.306 e. The molecule has 0 amide bonds. The Morgan fingerprint density at radius 1 is 1.33 bits per heavy atom. The lowest BCUT2D eigenvalue weighted by atomic mass is 10.00. The molecule has 1 aliphatic heterocycles. The molecule has 0 radical (unpaired) electrons. The number of rotatable bonds is 5. The summed E-state index contributed by atoms with van der Waals surface area (Å²) in [6, 6.07) is 0. The molecule has 1 unspecified atom stereocenters. The second-order valence-corrected chi connectivity index (χ2v) is 4.04. The number of carboxylic acid groups (broad SMARTS) is 1. The van der Waals surface area contributed by atoms with Crippen molar-refractivity contribution in [3.8, 4) is 0 Å². The summed E-state index contributed by atoms with van der Waals surface area (Å²) in [6.07, 6.45) is 6.49. The van der Waals surface area contributed by atoms with Gasteiger partial charge in [-0.1, -0.05) is 26.7 Å². The van der Waals surface area contributed by atoms with E-state index < -0.39 is 5.97 Å². The molecule has 1 rings (SSSR count). The number of hydrogen-bond acceptors (Lipinski definition) is 2. The fourth-order valence-electron chi connectivity index (χ4n) is 1.58. The predicted molar refractivity (Wildman–Crippen MR) is 63.0 cm³/mol. The van der Waals surface area contributed by atoms with E-state index in [2.05, 4.69) is 12.2 Å². The van der Waals surface area contributed by atoms with E-state index in [9.17, 15) is 4.79 Å². The summed E-state index contributed by atoms with van der Waals surface area (Å²) in [6.45, 7) is 6.50. The molecule has 90 valence electrons. The molecule has 3 nitrogen and oxygen atoms in total. The molecule has 2 N–H and O–H groups in total. The van der Waals surface area contributed by atoms with Crippen LogP contribution < -0.4 is 5.32 Å². The highest BCUT2D eigenvalue weighted by atomic mass is 16.4. The zero-order chi connectivity index (χ0) is 11.5. The molecule has 0 saturated carbocycles. The summed E-state index contributed by atoms with van der Waals surface area (Å²) in [5, 5.41) is 11.8. The van der Waals surface area contributed by atoms with Gasteiger partial charge in [-0.15, -0.1) is 0 Å². The summed E-state index contributed by atoms with van der Waals surface area (Å²) in [5.41, 5.74) is 0. The molecule has 1 atom stereocenters. The Balaban J connectivity index is 0.000000322. The molecule has 1 fully saturated rings. The van der Waals surface area contributed by atoms with Crippen LogP contribution in [0.15, 0.2) is 0 Å². The SMILES string of the molecule is C1CCNC1.CCCCC(CC)C(=O)O. The Morgan fingerprint density at radius 2 is 1.93 bits per heavy atom. The van der Waals surface area contributed by atoms with Crippen LogP contribution in [0.5, 0.6) is 0 Å². The fraction of sp³-hybridized carbons (Fsp3) is 0.917. The first kappa shape index (κ1) is 14.4. The molecule has 0 spiro atoms. The molecule has 0 aromatic heterocycles. The Kier molecular flexibility index (Phi) is 9.59.